The molecule has 1 aliphatic rings. The number of hydrogen-bond acceptors (Lipinski definition) is 7. The molecule has 7 nitrogen and oxygen atoms in total. The van der Waals surface area contributed by atoms with Crippen molar-refractivity contribution >= 4 is 12.2 Å². The van der Waals surface area contributed by atoms with Crippen LogP contribution in [-0.2, 0) is 0 Å². The third-order valence-corrected chi connectivity index (χ3v) is 5.93. The fraction of sp³-hybridized carbons (Fsp3) is 0.0714. The van der Waals surface area contributed by atoms with Crippen LogP contribution in [0, 0.1) is 0 Å². The van der Waals surface area contributed by atoms with Gasteiger partial charge in [0.1, 0.15) is 34.9 Å². The monoisotopic (exact) mass is 470 g/mol. The maximum absolute atomic E-state index is 10.1. The van der Waals surface area contributed by atoms with Crippen molar-refractivity contribution in [1.82, 2.24) is 0 Å². The van der Waals surface area contributed by atoms with E-state index in [2.05, 4.69) is 0 Å². The number of fused-ring (bicyclic) bond motifs is 1. The third kappa shape index (κ3) is 4.39. The Labute approximate surface area is 200 Å². The zero-order valence-corrected chi connectivity index (χ0v) is 18.3. The molecule has 0 saturated carbocycles. The lowest BCUT2D eigenvalue weighted by atomic mass is 9.84. The first-order valence-corrected chi connectivity index (χ1v) is 10.8. The first kappa shape index (κ1) is 22.0. The van der Waals surface area contributed by atoms with Gasteiger partial charge < -0.3 is 35.4 Å². The van der Waals surface area contributed by atoms with E-state index in [1.807, 2.05) is 24.3 Å². The fourth-order valence-corrected chi connectivity index (χ4v) is 4.43. The molecule has 0 aromatic heterocycles. The highest BCUT2D eigenvalue weighted by molar-refractivity contribution is 5.72. The van der Waals surface area contributed by atoms with Gasteiger partial charge in [0.2, 0.25) is 0 Å². The van der Waals surface area contributed by atoms with Gasteiger partial charge in [0.05, 0.1) is 5.92 Å². The summed E-state index contributed by atoms with van der Waals surface area (Å²) >= 11 is 0. The molecule has 5 rings (SSSR count). The highest BCUT2D eigenvalue weighted by atomic mass is 16.5. The topological polar surface area (TPSA) is 131 Å². The predicted molar refractivity (Wildman–Crippen MR) is 130 cm³/mol. The normalized spacial score (nSPS) is 16.8. The molecule has 1 heterocycles. The van der Waals surface area contributed by atoms with Crippen LogP contribution >= 0.6 is 0 Å². The molecule has 35 heavy (non-hydrogen) atoms. The zero-order chi connectivity index (χ0) is 24.7. The first-order valence-electron chi connectivity index (χ1n) is 10.8. The predicted octanol–water partition coefficient (Wildman–Crippen LogP) is 5.36. The maximum atomic E-state index is 10.1. The van der Waals surface area contributed by atoms with E-state index in [1.165, 1.54) is 36.4 Å². The summed E-state index contributed by atoms with van der Waals surface area (Å²) in [4.78, 5) is 0. The second-order valence-electron chi connectivity index (χ2n) is 8.46. The van der Waals surface area contributed by atoms with Gasteiger partial charge in [-0.3, -0.25) is 0 Å². The second-order valence-corrected chi connectivity index (χ2v) is 8.46. The zero-order valence-electron chi connectivity index (χ0n) is 18.3. The van der Waals surface area contributed by atoms with Gasteiger partial charge in [0, 0.05) is 17.7 Å². The summed E-state index contributed by atoms with van der Waals surface area (Å²) in [6.45, 7) is 0. The van der Waals surface area contributed by atoms with Gasteiger partial charge in [-0.15, -0.1) is 0 Å². The van der Waals surface area contributed by atoms with E-state index in [0.29, 0.717) is 22.4 Å². The SMILES string of the molecule is Oc1cc(O)cc(C=Cc2ccc3c(c2)C(c2cc(O)cc(O)c2)C(c2ccc(O)c(O)c2)O3)c1. The molecule has 2 unspecified atom stereocenters. The maximum Gasteiger partial charge on any atom is 0.157 e. The minimum absolute atomic E-state index is 0.0456. The summed E-state index contributed by atoms with van der Waals surface area (Å²) in [7, 11) is 0. The molecule has 0 spiro atoms. The van der Waals surface area contributed by atoms with Crippen LogP contribution in [0.2, 0.25) is 0 Å². The molecular formula is C28H22O7. The van der Waals surface area contributed by atoms with Crippen molar-refractivity contribution in [2.24, 2.45) is 0 Å². The van der Waals surface area contributed by atoms with E-state index in [0.717, 1.165) is 11.1 Å². The smallest absolute Gasteiger partial charge is 0.157 e. The van der Waals surface area contributed by atoms with E-state index in [9.17, 15) is 30.6 Å². The molecule has 6 N–H and O–H groups in total. The molecule has 0 bridgehead atoms. The average Bonchev–Trinajstić information content (AvgIpc) is 3.17. The lowest BCUT2D eigenvalue weighted by Gasteiger charge is -2.21. The van der Waals surface area contributed by atoms with Crippen LogP contribution in [0.4, 0.5) is 0 Å². The van der Waals surface area contributed by atoms with Gasteiger partial charge in [0.15, 0.2) is 11.5 Å². The summed E-state index contributed by atoms with van der Waals surface area (Å²) in [6, 6.07) is 18.7. The lowest BCUT2D eigenvalue weighted by Crippen LogP contribution is -2.11. The largest absolute Gasteiger partial charge is 0.508 e. The molecule has 4 aromatic carbocycles. The number of hydrogen-bond donors (Lipinski definition) is 6. The number of rotatable bonds is 4. The summed E-state index contributed by atoms with van der Waals surface area (Å²) in [5.41, 5.74) is 3.45. The molecule has 1 aliphatic heterocycles. The van der Waals surface area contributed by atoms with Crippen molar-refractivity contribution in [1.29, 1.82) is 0 Å². The number of phenols is 6. The summed E-state index contributed by atoms with van der Waals surface area (Å²) in [5, 5.41) is 59.5. The Morgan fingerprint density at radius 1 is 0.543 bits per heavy atom. The minimum atomic E-state index is -0.597. The van der Waals surface area contributed by atoms with Crippen LogP contribution in [0.15, 0.2) is 72.8 Å². The third-order valence-electron chi connectivity index (χ3n) is 5.93. The van der Waals surface area contributed by atoms with Gasteiger partial charge in [-0.2, -0.15) is 0 Å². The number of ether oxygens (including phenoxy) is 1. The van der Waals surface area contributed by atoms with Gasteiger partial charge in [-0.05, 0) is 70.8 Å². The van der Waals surface area contributed by atoms with Crippen molar-refractivity contribution in [3.8, 4) is 40.2 Å². The fourth-order valence-electron chi connectivity index (χ4n) is 4.43. The molecule has 2 atom stereocenters. The summed E-state index contributed by atoms with van der Waals surface area (Å²) in [6.07, 6.45) is 2.98. The van der Waals surface area contributed by atoms with E-state index in [1.54, 1.807) is 24.3 Å². The number of phenolic OH excluding ortho intramolecular Hbond substituents is 6. The standard InChI is InChI=1S/C28H22O7/c29-19-7-16(8-20(30)13-19)2-1-15-3-6-26-23(9-15)27(18-10-21(31)14-22(32)11-18)28(35-26)17-4-5-24(33)25(34)12-17/h1-14,27-34H. The van der Waals surface area contributed by atoms with Crippen LogP contribution in [0.5, 0.6) is 40.2 Å². The molecule has 4 aromatic rings. The van der Waals surface area contributed by atoms with Crippen LogP contribution in [0.1, 0.15) is 39.8 Å². The summed E-state index contributed by atoms with van der Waals surface area (Å²) in [5.74, 6) is -0.654. The Kier molecular flexibility index (Phi) is 5.37. The van der Waals surface area contributed by atoms with Crippen molar-refractivity contribution < 1.29 is 35.4 Å². The van der Waals surface area contributed by atoms with Crippen LogP contribution in [0.3, 0.4) is 0 Å². The quantitative estimate of drug-likeness (QED) is 0.175. The highest BCUT2D eigenvalue weighted by Crippen LogP contribution is 2.51. The molecule has 0 radical (unpaired) electrons. The van der Waals surface area contributed by atoms with Crippen molar-refractivity contribution in [3.63, 3.8) is 0 Å². The van der Waals surface area contributed by atoms with E-state index in [-0.39, 0.29) is 34.5 Å². The Hall–Kier alpha value is -4.78. The average molecular weight is 470 g/mol. The molecule has 7 heteroatoms. The van der Waals surface area contributed by atoms with Crippen LogP contribution in [0.25, 0.3) is 12.2 Å². The van der Waals surface area contributed by atoms with Crippen molar-refractivity contribution in [2.75, 3.05) is 0 Å². The van der Waals surface area contributed by atoms with Crippen molar-refractivity contribution in [2.45, 2.75) is 12.0 Å². The Morgan fingerprint density at radius 3 is 1.83 bits per heavy atom. The first-order chi connectivity index (χ1) is 16.8. The lowest BCUT2D eigenvalue weighted by molar-refractivity contribution is 0.221. The van der Waals surface area contributed by atoms with Gasteiger partial charge in [-0.25, -0.2) is 0 Å². The Bertz CT molecular complexity index is 1420. The molecule has 0 saturated heterocycles. The summed E-state index contributed by atoms with van der Waals surface area (Å²) < 4.78 is 6.24. The number of benzene rings is 4. The second kappa shape index (κ2) is 8.53. The van der Waals surface area contributed by atoms with Gasteiger partial charge >= 0.3 is 0 Å². The molecule has 0 fully saturated rings. The van der Waals surface area contributed by atoms with Crippen LogP contribution in [-0.4, -0.2) is 30.6 Å². The van der Waals surface area contributed by atoms with Crippen LogP contribution < -0.4 is 4.74 Å². The van der Waals surface area contributed by atoms with E-state index < -0.39 is 12.0 Å². The van der Waals surface area contributed by atoms with Gasteiger partial charge in [0.25, 0.3) is 0 Å². The molecule has 0 aliphatic carbocycles. The Balaban J connectivity index is 1.58. The van der Waals surface area contributed by atoms with Crippen molar-refractivity contribution in [3.05, 3.63) is 101 Å². The Morgan fingerprint density at radius 2 is 1.17 bits per heavy atom. The molecular weight excluding hydrogens is 448 g/mol. The number of aromatic hydroxyl groups is 6. The van der Waals surface area contributed by atoms with E-state index >= 15 is 0 Å². The highest BCUT2D eigenvalue weighted by Gasteiger charge is 2.37. The van der Waals surface area contributed by atoms with E-state index in [4.69, 9.17) is 4.74 Å². The minimum Gasteiger partial charge on any atom is -0.508 e. The molecule has 0 amide bonds. The molecule has 176 valence electrons. The van der Waals surface area contributed by atoms with Gasteiger partial charge in [-0.1, -0.05) is 24.3 Å².